The predicted molar refractivity (Wildman–Crippen MR) is 81.0 cm³/mol. The van der Waals surface area contributed by atoms with E-state index in [1.54, 1.807) is 0 Å². The molecule has 2 rings (SSSR count). The number of fused-ring (bicyclic) bond motifs is 2. The van der Waals surface area contributed by atoms with E-state index in [-0.39, 0.29) is 0 Å². The maximum Gasteiger partial charge on any atom is 0.250 e. The van der Waals surface area contributed by atoms with E-state index >= 15 is 0 Å². The fourth-order valence-corrected chi connectivity index (χ4v) is 6.67. The Balaban J connectivity index is 2.25. The first-order valence-corrected chi connectivity index (χ1v) is 10.3. The van der Waals surface area contributed by atoms with E-state index in [4.69, 9.17) is 4.43 Å². The zero-order valence-corrected chi connectivity index (χ0v) is 14.1. The van der Waals surface area contributed by atoms with Gasteiger partial charge < -0.3 is 4.43 Å². The van der Waals surface area contributed by atoms with Crippen molar-refractivity contribution in [2.45, 2.75) is 72.5 Å². The van der Waals surface area contributed by atoms with Gasteiger partial charge in [-0.1, -0.05) is 41.5 Å². The summed E-state index contributed by atoms with van der Waals surface area (Å²) in [6.07, 6.45) is 5.15. The largest absolute Gasteiger partial charge is 0.546 e. The van der Waals surface area contributed by atoms with E-state index in [0.29, 0.717) is 10.8 Å². The summed E-state index contributed by atoms with van der Waals surface area (Å²) in [4.78, 5) is 0. The van der Waals surface area contributed by atoms with Crippen LogP contribution in [0, 0.1) is 16.7 Å². The molecule has 2 aliphatic carbocycles. The van der Waals surface area contributed by atoms with E-state index in [0.717, 1.165) is 5.92 Å². The molecule has 1 fully saturated rings. The van der Waals surface area contributed by atoms with E-state index in [9.17, 15) is 0 Å². The maximum absolute atomic E-state index is 6.72. The first-order chi connectivity index (χ1) is 8.35. The molecule has 104 valence electrons. The molecule has 2 atom stereocenters. The first-order valence-electron chi connectivity index (χ1n) is 7.76. The van der Waals surface area contributed by atoms with Crippen LogP contribution in [0.4, 0.5) is 0 Å². The van der Waals surface area contributed by atoms with Gasteiger partial charge >= 0.3 is 0 Å². The molecule has 1 nitrogen and oxygen atoms in total. The van der Waals surface area contributed by atoms with Gasteiger partial charge in [-0.2, -0.15) is 0 Å². The van der Waals surface area contributed by atoms with Crippen molar-refractivity contribution in [3.05, 3.63) is 11.8 Å². The Morgan fingerprint density at radius 2 is 1.72 bits per heavy atom. The highest BCUT2D eigenvalue weighted by Gasteiger charge is 2.59. The molecule has 1 saturated carbocycles. The fraction of sp³-hybridized carbons (Fsp3) is 0.875. The van der Waals surface area contributed by atoms with Crippen LogP contribution in [0.25, 0.3) is 0 Å². The highest BCUT2D eigenvalue weighted by molar-refractivity contribution is 6.73. The lowest BCUT2D eigenvalue weighted by atomic mass is 9.70. The second-order valence-corrected chi connectivity index (χ2v) is 11.8. The van der Waals surface area contributed by atoms with Crippen molar-refractivity contribution in [2.75, 3.05) is 0 Å². The molecule has 0 N–H and O–H groups in total. The SMILES string of the molecule is CC[Si](CC)(CC)OC1=CC2CCC1(C)C2(C)C. The minimum absolute atomic E-state index is 0.301. The van der Waals surface area contributed by atoms with E-state index in [1.807, 2.05) is 0 Å². The molecule has 2 heteroatoms. The quantitative estimate of drug-likeness (QED) is 0.610. The lowest BCUT2D eigenvalue weighted by Gasteiger charge is -2.41. The van der Waals surface area contributed by atoms with Gasteiger partial charge in [-0.25, -0.2) is 0 Å². The Bertz CT molecular complexity index is 346. The van der Waals surface area contributed by atoms with Crippen LogP contribution in [0.15, 0.2) is 11.8 Å². The van der Waals surface area contributed by atoms with Crippen LogP contribution >= 0.6 is 0 Å². The molecule has 0 aliphatic heterocycles. The van der Waals surface area contributed by atoms with Gasteiger partial charge in [-0.3, -0.25) is 0 Å². The van der Waals surface area contributed by atoms with E-state index in [1.165, 1.54) is 36.7 Å². The van der Waals surface area contributed by atoms with Crippen LogP contribution in [0.3, 0.4) is 0 Å². The lowest BCUT2D eigenvalue weighted by molar-refractivity contribution is 0.126. The van der Waals surface area contributed by atoms with Gasteiger partial charge in [0.25, 0.3) is 0 Å². The van der Waals surface area contributed by atoms with Gasteiger partial charge in [0.1, 0.15) is 0 Å². The highest BCUT2D eigenvalue weighted by Crippen LogP contribution is 2.65. The van der Waals surface area contributed by atoms with E-state index in [2.05, 4.69) is 47.6 Å². The summed E-state index contributed by atoms with van der Waals surface area (Å²) in [6.45, 7) is 14.3. The van der Waals surface area contributed by atoms with Crippen LogP contribution in [0.2, 0.25) is 18.1 Å². The molecule has 0 amide bonds. The average molecular weight is 267 g/mol. The third-order valence-electron chi connectivity index (χ3n) is 6.46. The molecule has 0 aromatic rings. The van der Waals surface area contributed by atoms with Crippen molar-refractivity contribution in [2.24, 2.45) is 16.7 Å². The summed E-state index contributed by atoms with van der Waals surface area (Å²) in [6, 6.07) is 3.75. The number of allylic oxidation sites excluding steroid dienone is 2. The van der Waals surface area contributed by atoms with Crippen molar-refractivity contribution in [1.82, 2.24) is 0 Å². The summed E-state index contributed by atoms with van der Waals surface area (Å²) in [5, 5.41) is 0. The van der Waals surface area contributed by atoms with Gasteiger partial charge in [0.15, 0.2) is 0 Å². The molecule has 18 heavy (non-hydrogen) atoms. The minimum atomic E-state index is -1.50. The van der Waals surface area contributed by atoms with Crippen LogP contribution in [-0.2, 0) is 4.43 Å². The van der Waals surface area contributed by atoms with Crippen molar-refractivity contribution in [3.63, 3.8) is 0 Å². The molecular weight excluding hydrogens is 236 g/mol. The van der Waals surface area contributed by atoms with Gasteiger partial charge in [0, 0.05) is 5.41 Å². The molecule has 0 aromatic heterocycles. The Morgan fingerprint density at radius 3 is 2.06 bits per heavy atom. The average Bonchev–Trinajstić information content (AvgIpc) is 2.69. The number of hydrogen-bond acceptors (Lipinski definition) is 1. The van der Waals surface area contributed by atoms with Crippen molar-refractivity contribution < 1.29 is 4.43 Å². The van der Waals surface area contributed by atoms with Gasteiger partial charge in [-0.15, -0.1) is 0 Å². The topological polar surface area (TPSA) is 9.23 Å². The van der Waals surface area contributed by atoms with Crippen molar-refractivity contribution >= 4 is 8.32 Å². The maximum atomic E-state index is 6.72. The number of rotatable bonds is 5. The molecule has 0 heterocycles. The third kappa shape index (κ3) is 1.71. The monoisotopic (exact) mass is 266 g/mol. The van der Waals surface area contributed by atoms with Gasteiger partial charge in [0.2, 0.25) is 8.32 Å². The molecule has 2 unspecified atom stereocenters. The third-order valence-corrected chi connectivity index (χ3v) is 11.0. The standard InChI is InChI=1S/C16H30OSi/c1-7-18(8-2,9-3)17-14-12-13-10-11-16(14,6)15(13,4)5/h12-13H,7-11H2,1-6H3. The Morgan fingerprint density at radius 1 is 1.17 bits per heavy atom. The fourth-order valence-electron chi connectivity index (χ4n) is 3.98. The second kappa shape index (κ2) is 4.40. The van der Waals surface area contributed by atoms with Crippen molar-refractivity contribution in [3.8, 4) is 0 Å². The van der Waals surface area contributed by atoms with Crippen LogP contribution in [0.5, 0.6) is 0 Å². The summed E-state index contributed by atoms with van der Waals surface area (Å²) >= 11 is 0. The molecular formula is C16H30OSi. The zero-order valence-electron chi connectivity index (χ0n) is 13.1. The Labute approximate surface area is 114 Å². The summed E-state index contributed by atoms with van der Waals surface area (Å²) in [5.74, 6) is 2.11. The highest BCUT2D eigenvalue weighted by atomic mass is 28.4. The first kappa shape index (κ1) is 14.2. The van der Waals surface area contributed by atoms with E-state index < -0.39 is 8.32 Å². The molecule has 2 aliphatic rings. The lowest BCUT2D eigenvalue weighted by Crippen LogP contribution is -2.40. The smallest absolute Gasteiger partial charge is 0.250 e. The summed E-state index contributed by atoms with van der Waals surface area (Å²) in [7, 11) is -1.50. The van der Waals surface area contributed by atoms with Crippen LogP contribution in [-0.4, -0.2) is 8.32 Å². The van der Waals surface area contributed by atoms with Gasteiger partial charge in [0.05, 0.1) is 5.76 Å². The molecule has 0 aromatic carbocycles. The molecule has 2 bridgehead atoms. The normalized spacial score (nSPS) is 33.7. The Hall–Kier alpha value is -0.243. The Kier molecular flexibility index (Phi) is 3.46. The summed E-state index contributed by atoms with van der Waals surface area (Å²) in [5.41, 5.74) is 0.702. The second-order valence-electron chi connectivity index (χ2n) is 7.08. The predicted octanol–water partition coefficient (Wildman–Crippen LogP) is 5.35. The zero-order chi connectivity index (χ0) is 13.6. The molecule has 0 spiro atoms. The summed E-state index contributed by atoms with van der Waals surface area (Å²) < 4.78 is 6.72. The van der Waals surface area contributed by atoms with Crippen LogP contribution < -0.4 is 0 Å². The minimum Gasteiger partial charge on any atom is -0.546 e. The molecule has 0 radical (unpaired) electrons. The van der Waals surface area contributed by atoms with Gasteiger partial charge in [-0.05, 0) is 48.4 Å². The van der Waals surface area contributed by atoms with Crippen molar-refractivity contribution in [1.29, 1.82) is 0 Å². The van der Waals surface area contributed by atoms with Crippen LogP contribution in [0.1, 0.15) is 54.4 Å². The molecule has 0 saturated heterocycles. The number of hydrogen-bond donors (Lipinski definition) is 0.